The lowest BCUT2D eigenvalue weighted by atomic mass is 10.3. The number of aromatic nitrogens is 2. The van der Waals surface area contributed by atoms with Gasteiger partial charge in [-0.25, -0.2) is 12.8 Å². The normalized spacial score (nSPS) is 11.5. The summed E-state index contributed by atoms with van der Waals surface area (Å²) in [5, 5.41) is 3.84. The average Bonchev–Trinajstić information content (AvgIpc) is 2.69. The first-order chi connectivity index (χ1) is 8.81. The van der Waals surface area contributed by atoms with Crippen molar-refractivity contribution in [3.05, 3.63) is 34.7 Å². The highest BCUT2D eigenvalue weighted by Crippen LogP contribution is 2.28. The van der Waals surface area contributed by atoms with Crippen LogP contribution in [0.2, 0.25) is 0 Å². The van der Waals surface area contributed by atoms with Crippen LogP contribution >= 0.6 is 15.9 Å². The fourth-order valence-electron chi connectivity index (χ4n) is 1.42. The lowest BCUT2D eigenvalue weighted by Crippen LogP contribution is -2.16. The molecule has 19 heavy (non-hydrogen) atoms. The van der Waals surface area contributed by atoms with Crippen LogP contribution < -0.4 is 10.5 Å². The van der Waals surface area contributed by atoms with E-state index in [0.29, 0.717) is 0 Å². The summed E-state index contributed by atoms with van der Waals surface area (Å²) in [6.07, 6.45) is 1.45. The van der Waals surface area contributed by atoms with E-state index in [0.717, 1.165) is 12.1 Å². The van der Waals surface area contributed by atoms with E-state index in [1.807, 2.05) is 0 Å². The predicted molar refractivity (Wildman–Crippen MR) is 72.5 cm³/mol. The third-order valence-corrected chi connectivity index (χ3v) is 4.71. The molecule has 1 aromatic heterocycles. The molecule has 0 saturated carbocycles. The Bertz CT molecular complexity index is 729. The van der Waals surface area contributed by atoms with E-state index in [1.54, 1.807) is 7.05 Å². The molecule has 0 unspecified atom stereocenters. The minimum atomic E-state index is -3.88. The molecule has 0 fully saturated rings. The quantitative estimate of drug-likeness (QED) is 0.826. The summed E-state index contributed by atoms with van der Waals surface area (Å²) in [7, 11) is -2.29. The van der Waals surface area contributed by atoms with E-state index >= 15 is 0 Å². The molecular formula is C10H10BrFN4O2S. The number of hydrogen-bond acceptors (Lipinski definition) is 4. The first-order valence-corrected chi connectivity index (χ1v) is 7.34. The number of aryl methyl sites for hydroxylation is 1. The Morgan fingerprint density at radius 1 is 1.47 bits per heavy atom. The van der Waals surface area contributed by atoms with Gasteiger partial charge in [-0.2, -0.15) is 5.10 Å². The molecule has 0 spiro atoms. The second-order valence-electron chi connectivity index (χ2n) is 3.75. The maximum atomic E-state index is 13.2. The maximum Gasteiger partial charge on any atom is 0.264 e. The van der Waals surface area contributed by atoms with Crippen molar-refractivity contribution < 1.29 is 12.8 Å². The molecular weight excluding hydrogens is 339 g/mol. The van der Waals surface area contributed by atoms with Crippen molar-refractivity contribution in [2.75, 3.05) is 10.5 Å². The molecule has 2 rings (SSSR count). The highest BCUT2D eigenvalue weighted by atomic mass is 79.9. The average molecular weight is 349 g/mol. The van der Waals surface area contributed by atoms with Gasteiger partial charge in [0.25, 0.3) is 10.0 Å². The van der Waals surface area contributed by atoms with Gasteiger partial charge in [0.15, 0.2) is 0 Å². The number of nitrogens with zero attached hydrogens (tertiary/aromatic N) is 2. The van der Waals surface area contributed by atoms with Gasteiger partial charge in [-0.05, 0) is 28.1 Å². The van der Waals surface area contributed by atoms with Crippen LogP contribution in [0.15, 0.2) is 33.8 Å². The van der Waals surface area contributed by atoms with Gasteiger partial charge < -0.3 is 5.73 Å². The summed E-state index contributed by atoms with van der Waals surface area (Å²) in [6.45, 7) is 0. The van der Waals surface area contributed by atoms with Crippen molar-refractivity contribution in [3.8, 4) is 0 Å². The minimum Gasteiger partial charge on any atom is -0.396 e. The van der Waals surface area contributed by atoms with Crippen LogP contribution in [0.3, 0.4) is 0 Å². The molecule has 0 aliphatic rings. The first-order valence-electron chi connectivity index (χ1n) is 5.06. The second kappa shape index (κ2) is 4.82. The molecule has 0 amide bonds. The van der Waals surface area contributed by atoms with Crippen molar-refractivity contribution in [1.29, 1.82) is 0 Å². The Morgan fingerprint density at radius 2 is 2.16 bits per heavy atom. The standard InChI is InChI=1S/C10H10BrFN4O2S/c1-16-10(2-3-14-16)15-19(17,18)9-5-8(13)7(12)4-6(9)11/h2-5,15H,13H2,1H3. The zero-order valence-corrected chi connectivity index (χ0v) is 12.2. The number of rotatable bonds is 3. The number of anilines is 2. The monoisotopic (exact) mass is 348 g/mol. The van der Waals surface area contributed by atoms with Crippen molar-refractivity contribution in [1.82, 2.24) is 9.78 Å². The Morgan fingerprint density at radius 3 is 2.74 bits per heavy atom. The van der Waals surface area contributed by atoms with E-state index in [4.69, 9.17) is 5.73 Å². The Kier molecular flexibility index (Phi) is 3.50. The number of nitrogen functional groups attached to an aromatic ring is 1. The summed E-state index contributed by atoms with van der Waals surface area (Å²) in [4.78, 5) is -0.146. The molecule has 0 aliphatic carbocycles. The van der Waals surface area contributed by atoms with Crippen molar-refractivity contribution in [2.24, 2.45) is 7.05 Å². The zero-order chi connectivity index (χ0) is 14.2. The molecule has 0 bridgehead atoms. The topological polar surface area (TPSA) is 90.0 Å². The smallest absolute Gasteiger partial charge is 0.264 e. The fraction of sp³-hybridized carbons (Fsp3) is 0.100. The summed E-state index contributed by atoms with van der Waals surface area (Å²) in [5.74, 6) is -0.402. The van der Waals surface area contributed by atoms with Crippen LogP contribution in [0.25, 0.3) is 0 Å². The Balaban J connectivity index is 2.46. The van der Waals surface area contributed by atoms with Gasteiger partial charge in [0.05, 0.1) is 11.9 Å². The van der Waals surface area contributed by atoms with Gasteiger partial charge >= 0.3 is 0 Å². The number of nitrogens with one attached hydrogen (secondary N) is 1. The van der Waals surface area contributed by atoms with Gasteiger partial charge in [-0.1, -0.05) is 0 Å². The fourth-order valence-corrected chi connectivity index (χ4v) is 3.56. The summed E-state index contributed by atoms with van der Waals surface area (Å²) in [6, 6.07) is 3.56. The third-order valence-electron chi connectivity index (χ3n) is 2.40. The molecule has 0 aliphatic heterocycles. The molecule has 102 valence electrons. The molecule has 0 atom stereocenters. The predicted octanol–water partition coefficient (Wildman–Crippen LogP) is 1.70. The molecule has 1 aromatic carbocycles. The van der Waals surface area contributed by atoms with Crippen molar-refractivity contribution in [3.63, 3.8) is 0 Å². The van der Waals surface area contributed by atoms with Gasteiger partial charge in [0.2, 0.25) is 0 Å². The van der Waals surface area contributed by atoms with E-state index in [1.165, 1.54) is 16.9 Å². The van der Waals surface area contributed by atoms with Crippen LogP contribution in [0.1, 0.15) is 0 Å². The lowest BCUT2D eigenvalue weighted by Gasteiger charge is -2.10. The lowest BCUT2D eigenvalue weighted by molar-refractivity contribution is 0.598. The number of sulfonamides is 1. The van der Waals surface area contributed by atoms with Gasteiger partial charge in [-0.3, -0.25) is 9.40 Å². The SMILES string of the molecule is Cn1nccc1NS(=O)(=O)c1cc(N)c(F)cc1Br. The highest BCUT2D eigenvalue weighted by Gasteiger charge is 2.21. The van der Waals surface area contributed by atoms with Crippen molar-refractivity contribution in [2.45, 2.75) is 4.90 Å². The third kappa shape index (κ3) is 2.71. The van der Waals surface area contributed by atoms with Crippen LogP contribution in [-0.4, -0.2) is 18.2 Å². The minimum absolute atomic E-state index is 0.0915. The molecule has 2 aromatic rings. The van der Waals surface area contributed by atoms with Gasteiger partial charge in [-0.15, -0.1) is 0 Å². The largest absolute Gasteiger partial charge is 0.396 e. The van der Waals surface area contributed by atoms with E-state index in [2.05, 4.69) is 25.8 Å². The van der Waals surface area contributed by atoms with Crippen LogP contribution in [0, 0.1) is 5.82 Å². The van der Waals surface area contributed by atoms with Gasteiger partial charge in [0, 0.05) is 17.6 Å². The molecule has 3 N–H and O–H groups in total. The second-order valence-corrected chi connectivity index (χ2v) is 6.25. The number of halogens is 2. The number of hydrogen-bond donors (Lipinski definition) is 2. The van der Waals surface area contributed by atoms with E-state index in [9.17, 15) is 12.8 Å². The molecule has 0 saturated heterocycles. The Labute approximate surface area is 117 Å². The number of nitrogens with two attached hydrogens (primary N) is 1. The summed E-state index contributed by atoms with van der Waals surface area (Å²) in [5.41, 5.74) is 5.14. The summed E-state index contributed by atoms with van der Waals surface area (Å²) >= 11 is 3.00. The van der Waals surface area contributed by atoms with Crippen LogP contribution in [-0.2, 0) is 17.1 Å². The Hall–Kier alpha value is -1.61. The molecule has 0 radical (unpaired) electrons. The van der Waals surface area contributed by atoms with Gasteiger partial charge in [0.1, 0.15) is 16.5 Å². The van der Waals surface area contributed by atoms with Crippen LogP contribution in [0.4, 0.5) is 15.9 Å². The van der Waals surface area contributed by atoms with Crippen LogP contribution in [0.5, 0.6) is 0 Å². The molecule has 6 nitrogen and oxygen atoms in total. The highest BCUT2D eigenvalue weighted by molar-refractivity contribution is 9.10. The van der Waals surface area contributed by atoms with E-state index in [-0.39, 0.29) is 20.9 Å². The van der Waals surface area contributed by atoms with Crippen molar-refractivity contribution >= 4 is 37.5 Å². The maximum absolute atomic E-state index is 13.2. The summed E-state index contributed by atoms with van der Waals surface area (Å²) < 4.78 is 41.3. The first kappa shape index (κ1) is 13.8. The molecule has 1 heterocycles. The number of benzene rings is 1. The zero-order valence-electron chi connectivity index (χ0n) is 9.76. The molecule has 9 heteroatoms. The van der Waals surface area contributed by atoms with E-state index < -0.39 is 15.8 Å².